The number of nitrogens with two attached hydrogens (primary N) is 1. The number of aryl methyl sites for hydroxylation is 1. The molecule has 0 saturated heterocycles. The van der Waals surface area contributed by atoms with Crippen LogP contribution in [0.2, 0.25) is 0 Å². The average Bonchev–Trinajstić information content (AvgIpc) is 2.68. The zero-order valence-electron chi connectivity index (χ0n) is 11.7. The Kier molecular flexibility index (Phi) is 8.68. The van der Waals surface area contributed by atoms with Gasteiger partial charge in [-0.25, -0.2) is 24.1 Å². The van der Waals surface area contributed by atoms with E-state index in [-0.39, 0.29) is 0 Å². The topological polar surface area (TPSA) is 251 Å². The largest absolute Gasteiger partial charge is 0.705 e. The maximum absolute atomic E-state index is 9.57. The molecule has 0 saturated carbocycles. The number of hydrogen-bond donors (Lipinski definition) is 7. The lowest BCUT2D eigenvalue weighted by Crippen LogP contribution is -1.94. The summed E-state index contributed by atoms with van der Waals surface area (Å²) < 4.78 is 32.9. The molecule has 1 unspecified atom stereocenters. The van der Waals surface area contributed by atoms with Crippen LogP contribution in [0.4, 0.5) is 5.82 Å². The highest BCUT2D eigenvalue weighted by Crippen LogP contribution is 2.45. The van der Waals surface area contributed by atoms with Crippen molar-refractivity contribution >= 4 is 40.9 Å². The van der Waals surface area contributed by atoms with Crippen molar-refractivity contribution in [3.8, 4) is 0 Å². The summed E-state index contributed by atoms with van der Waals surface area (Å²) in [6.45, 7) is 0. The molecule has 2 aromatic heterocycles. The summed E-state index contributed by atoms with van der Waals surface area (Å²) in [4.78, 5) is 56.6. The van der Waals surface area contributed by atoms with Crippen LogP contribution >= 0.6 is 23.9 Å². The molecule has 0 aliphatic rings. The molecule has 1 atom stereocenters. The van der Waals surface area contributed by atoms with Crippen LogP contribution < -0.4 is 5.73 Å². The molecule has 0 spiro atoms. The van der Waals surface area contributed by atoms with Crippen molar-refractivity contribution in [3.05, 3.63) is 12.7 Å². The molecule has 0 fully saturated rings. The van der Waals surface area contributed by atoms with Crippen LogP contribution in [0.15, 0.2) is 12.7 Å². The van der Waals surface area contributed by atoms with E-state index in [1.807, 2.05) is 7.05 Å². The van der Waals surface area contributed by atoms with E-state index in [2.05, 4.69) is 19.3 Å². The second-order valence-corrected chi connectivity index (χ2v) is 6.75. The highest BCUT2D eigenvalue weighted by molar-refractivity contribution is 7.54. The summed E-state index contributed by atoms with van der Waals surface area (Å²) in [5, 5.41) is 0. The summed E-state index contributed by atoms with van der Waals surface area (Å²) in [5.41, 5.74) is 6.97. The van der Waals surface area contributed by atoms with Crippen LogP contribution in [0, 0.1) is 0 Å². The number of nitrogen functional groups attached to an aromatic ring is 1. The van der Waals surface area contributed by atoms with Gasteiger partial charge in [0.25, 0.3) is 0 Å². The molecule has 2 rings (SSSR count). The molecule has 24 heavy (non-hydrogen) atoms. The van der Waals surface area contributed by atoms with E-state index in [4.69, 9.17) is 39.7 Å². The summed E-state index contributed by atoms with van der Waals surface area (Å²) >= 11 is 0. The van der Waals surface area contributed by atoms with Gasteiger partial charge in [0, 0.05) is 11.6 Å². The smallest absolute Gasteiger partial charge is 0.382 e. The van der Waals surface area contributed by atoms with E-state index in [0.717, 1.165) is 5.65 Å². The third kappa shape index (κ3) is 11.2. The molecule has 0 radical (unpaired) electrons. The zero-order valence-corrected chi connectivity index (χ0v) is 14.4. The number of nitrogens with zero attached hydrogens (tertiary/aromatic N) is 4. The Morgan fingerprint density at radius 2 is 1.67 bits per heavy atom. The number of imidazole rings is 1. The molecule has 136 valence electrons. The second-order valence-electron chi connectivity index (χ2n) is 3.61. The minimum Gasteiger partial charge on any atom is -0.382 e. The van der Waals surface area contributed by atoms with Crippen LogP contribution in [-0.2, 0) is 25.1 Å². The van der Waals surface area contributed by atoms with Gasteiger partial charge in [-0.3, -0.25) is 0 Å². The summed E-state index contributed by atoms with van der Waals surface area (Å²) in [6.07, 6.45) is 3.09. The molecule has 0 bridgehead atoms. The Labute approximate surface area is 134 Å². The molecule has 0 amide bonds. The lowest BCUT2D eigenvalue weighted by molar-refractivity contribution is 0.271. The first-order chi connectivity index (χ1) is 10.7. The van der Waals surface area contributed by atoms with Crippen LogP contribution in [0.25, 0.3) is 11.2 Å². The maximum atomic E-state index is 9.57. The van der Waals surface area contributed by atoms with Gasteiger partial charge in [0.05, 0.1) is 6.33 Å². The van der Waals surface area contributed by atoms with Gasteiger partial charge in [0.2, 0.25) is 0 Å². The predicted octanol–water partition coefficient (Wildman–Crippen LogP) is -1.24. The minimum absolute atomic E-state index is 0.426. The van der Waals surface area contributed by atoms with Crippen molar-refractivity contribution in [1.82, 2.24) is 19.5 Å². The molecular weight excluding hydrogens is 395 g/mol. The number of anilines is 1. The van der Waals surface area contributed by atoms with Gasteiger partial charge < -0.3 is 34.8 Å². The number of aromatic nitrogens is 4. The van der Waals surface area contributed by atoms with Gasteiger partial charge in [0.1, 0.15) is 11.8 Å². The van der Waals surface area contributed by atoms with Gasteiger partial charge in [-0.15, -0.1) is 4.89 Å². The van der Waals surface area contributed by atoms with Gasteiger partial charge in [0.15, 0.2) is 11.5 Å². The first kappa shape index (κ1) is 22.6. The Hall–Kier alpha value is -1.37. The number of fused-ring (bicyclic) bond motifs is 1. The van der Waals surface area contributed by atoms with E-state index in [0.29, 0.717) is 11.3 Å². The zero-order chi connectivity index (χ0) is 19.1. The van der Waals surface area contributed by atoms with Gasteiger partial charge in [-0.05, 0) is 4.31 Å². The van der Waals surface area contributed by atoms with Crippen LogP contribution in [0.1, 0.15) is 0 Å². The summed E-state index contributed by atoms with van der Waals surface area (Å²) in [6, 6.07) is 0. The Morgan fingerprint density at radius 3 is 2.00 bits per heavy atom. The maximum Gasteiger partial charge on any atom is 0.705 e. The molecule has 0 aromatic carbocycles. The third-order valence-electron chi connectivity index (χ3n) is 1.70. The minimum atomic E-state index is -4.76. The van der Waals surface area contributed by atoms with Crippen molar-refractivity contribution in [3.63, 3.8) is 0 Å². The normalized spacial score (nSPS) is 11.9. The monoisotopic (exact) mass is 408 g/mol. The summed E-state index contributed by atoms with van der Waals surface area (Å²) in [5.74, 6) is 0.426. The van der Waals surface area contributed by atoms with Crippen molar-refractivity contribution in [2.24, 2.45) is 7.05 Å². The SMILES string of the molecule is Cn1cnc2c(N)ncnc21.O=P(O)(O)O.O=[P+](O)OP(=O)(O)O. The Morgan fingerprint density at radius 1 is 1.17 bits per heavy atom. The molecule has 2 aromatic rings. The van der Waals surface area contributed by atoms with Gasteiger partial charge >= 0.3 is 23.9 Å². The first-order valence-electron chi connectivity index (χ1n) is 5.28. The van der Waals surface area contributed by atoms with Crippen LogP contribution in [0.5, 0.6) is 0 Å². The predicted molar refractivity (Wildman–Crippen MR) is 77.9 cm³/mol. The fourth-order valence-corrected chi connectivity index (χ4v) is 1.78. The summed E-state index contributed by atoms with van der Waals surface area (Å²) in [7, 11) is -10.7. The molecule has 0 aliphatic carbocycles. The number of phosphoric acid groups is 2. The Bertz CT molecular complexity index is 774. The van der Waals surface area contributed by atoms with Crippen LogP contribution in [0.3, 0.4) is 0 Å². The average molecular weight is 408 g/mol. The first-order valence-corrected chi connectivity index (χ1v) is 9.50. The lowest BCUT2D eigenvalue weighted by Gasteiger charge is -1.92. The molecule has 8 N–H and O–H groups in total. The Balaban J connectivity index is 0.000000361. The van der Waals surface area contributed by atoms with Crippen molar-refractivity contribution in [2.45, 2.75) is 0 Å². The number of hydrogen-bond acceptors (Lipinski definition) is 8. The molecular formula is C6H13N5O10P3+. The van der Waals surface area contributed by atoms with E-state index in [1.165, 1.54) is 6.33 Å². The molecule has 15 nitrogen and oxygen atoms in total. The third-order valence-corrected chi connectivity index (χ3v) is 3.11. The van der Waals surface area contributed by atoms with Gasteiger partial charge in [-0.1, -0.05) is 0 Å². The highest BCUT2D eigenvalue weighted by Gasteiger charge is 2.29. The lowest BCUT2D eigenvalue weighted by atomic mass is 10.5. The standard InChI is InChI=1S/C6H7N5.H2O6P2.H3O4P/c1-11-3-10-4-5(7)8-2-9-6(4)11;1-7(2)6-8(3,4)5;1-5(2,3)4/h2-3H,1H3,(H2,7,8,9);(H2-,1,2,3,4,5);(H3,1,2,3,4)/p+1. The van der Waals surface area contributed by atoms with Gasteiger partial charge in [-0.2, -0.15) is 0 Å². The quantitative estimate of drug-likeness (QED) is 0.287. The van der Waals surface area contributed by atoms with Crippen molar-refractivity contribution in [2.75, 3.05) is 5.73 Å². The van der Waals surface area contributed by atoms with E-state index >= 15 is 0 Å². The fourth-order valence-electron chi connectivity index (χ4n) is 1.05. The second kappa shape index (κ2) is 9.20. The van der Waals surface area contributed by atoms with Crippen LogP contribution in [-0.4, -0.2) is 48.9 Å². The highest BCUT2D eigenvalue weighted by atomic mass is 31.2. The fraction of sp³-hybridized carbons (Fsp3) is 0.167. The molecule has 2 heterocycles. The van der Waals surface area contributed by atoms with Crippen molar-refractivity contribution < 1.29 is 47.4 Å². The van der Waals surface area contributed by atoms with Crippen molar-refractivity contribution in [1.29, 1.82) is 0 Å². The number of rotatable bonds is 2. The van der Waals surface area contributed by atoms with E-state index < -0.39 is 23.9 Å². The van der Waals surface area contributed by atoms with E-state index in [1.54, 1.807) is 10.9 Å². The molecule has 18 heteroatoms. The van der Waals surface area contributed by atoms with E-state index in [9.17, 15) is 9.13 Å². The molecule has 0 aliphatic heterocycles.